The zero-order valence-corrected chi connectivity index (χ0v) is 14.0. The SMILES string of the molecule is COc1cc(Br)cc(C=NNc2cccc([N+](=O)[O-])c2)c1OC. The minimum absolute atomic E-state index is 0.00750. The van der Waals surface area contributed by atoms with Crippen LogP contribution in [-0.2, 0) is 0 Å². The molecule has 0 unspecified atom stereocenters. The molecule has 0 saturated heterocycles. The van der Waals surface area contributed by atoms with Crippen LogP contribution < -0.4 is 14.9 Å². The number of hydrazone groups is 1. The predicted molar refractivity (Wildman–Crippen MR) is 91.6 cm³/mol. The Morgan fingerprint density at radius 2 is 2.04 bits per heavy atom. The first kappa shape index (κ1) is 16.8. The molecule has 0 amide bonds. The number of hydrogen-bond donors (Lipinski definition) is 1. The summed E-state index contributed by atoms with van der Waals surface area (Å²) in [5.74, 6) is 1.11. The minimum Gasteiger partial charge on any atom is -0.493 e. The molecule has 0 aliphatic carbocycles. The Hall–Kier alpha value is -2.61. The average Bonchev–Trinajstić information content (AvgIpc) is 2.54. The van der Waals surface area contributed by atoms with E-state index in [9.17, 15) is 10.1 Å². The van der Waals surface area contributed by atoms with Crippen LogP contribution in [0.2, 0.25) is 0 Å². The quantitative estimate of drug-likeness (QED) is 0.468. The molecule has 120 valence electrons. The number of nitro groups is 1. The average molecular weight is 380 g/mol. The lowest BCUT2D eigenvalue weighted by Crippen LogP contribution is -1.97. The lowest BCUT2D eigenvalue weighted by atomic mass is 10.2. The molecule has 0 atom stereocenters. The maximum atomic E-state index is 10.7. The van der Waals surface area contributed by atoms with Crippen LogP contribution >= 0.6 is 15.9 Å². The number of nitrogens with one attached hydrogen (secondary N) is 1. The van der Waals surface area contributed by atoms with E-state index in [0.29, 0.717) is 22.7 Å². The topological polar surface area (TPSA) is 86.0 Å². The van der Waals surface area contributed by atoms with Crippen LogP contribution in [0.5, 0.6) is 11.5 Å². The van der Waals surface area contributed by atoms with Gasteiger partial charge in [0.1, 0.15) is 0 Å². The Morgan fingerprint density at radius 3 is 2.70 bits per heavy atom. The number of non-ortho nitro benzene ring substituents is 1. The molecule has 0 fully saturated rings. The number of nitro benzene ring substituents is 1. The number of nitrogens with zero attached hydrogens (tertiary/aromatic N) is 2. The Balaban J connectivity index is 2.22. The van der Waals surface area contributed by atoms with E-state index in [-0.39, 0.29) is 5.69 Å². The van der Waals surface area contributed by atoms with Crippen LogP contribution in [0.15, 0.2) is 46.0 Å². The summed E-state index contributed by atoms with van der Waals surface area (Å²) in [5.41, 5.74) is 3.94. The molecule has 0 radical (unpaired) electrons. The Labute approximate surface area is 141 Å². The number of halogens is 1. The van der Waals surface area contributed by atoms with Gasteiger partial charge in [0, 0.05) is 22.2 Å². The number of rotatable bonds is 6. The molecule has 0 saturated carbocycles. The molecule has 2 aromatic rings. The lowest BCUT2D eigenvalue weighted by Gasteiger charge is -2.10. The molecule has 2 rings (SSSR count). The largest absolute Gasteiger partial charge is 0.493 e. The van der Waals surface area contributed by atoms with Crippen molar-refractivity contribution in [3.05, 3.63) is 56.5 Å². The number of methoxy groups -OCH3 is 2. The normalized spacial score (nSPS) is 10.6. The van der Waals surface area contributed by atoms with Crippen LogP contribution in [0.3, 0.4) is 0 Å². The Bertz CT molecular complexity index is 749. The summed E-state index contributed by atoms with van der Waals surface area (Å²) in [5, 5.41) is 14.8. The summed E-state index contributed by atoms with van der Waals surface area (Å²) in [6.07, 6.45) is 1.55. The van der Waals surface area contributed by atoms with Crippen molar-refractivity contribution >= 4 is 33.5 Å². The van der Waals surface area contributed by atoms with Crippen molar-refractivity contribution in [2.75, 3.05) is 19.6 Å². The molecule has 0 aliphatic heterocycles. The van der Waals surface area contributed by atoms with Crippen molar-refractivity contribution in [2.24, 2.45) is 5.10 Å². The minimum atomic E-state index is -0.461. The number of ether oxygens (including phenoxy) is 2. The fourth-order valence-electron chi connectivity index (χ4n) is 1.92. The number of anilines is 1. The zero-order valence-electron chi connectivity index (χ0n) is 12.4. The second-order valence-electron chi connectivity index (χ2n) is 4.41. The summed E-state index contributed by atoms with van der Waals surface area (Å²) in [4.78, 5) is 10.3. The van der Waals surface area contributed by atoms with Gasteiger partial charge < -0.3 is 9.47 Å². The second kappa shape index (κ2) is 7.59. The molecule has 0 spiro atoms. The maximum Gasteiger partial charge on any atom is 0.271 e. The number of benzene rings is 2. The van der Waals surface area contributed by atoms with Gasteiger partial charge in [-0.1, -0.05) is 22.0 Å². The smallest absolute Gasteiger partial charge is 0.271 e. The van der Waals surface area contributed by atoms with Crippen molar-refractivity contribution in [3.63, 3.8) is 0 Å². The molecule has 23 heavy (non-hydrogen) atoms. The Kier molecular flexibility index (Phi) is 5.53. The van der Waals surface area contributed by atoms with Crippen molar-refractivity contribution in [2.45, 2.75) is 0 Å². The molecule has 8 heteroatoms. The molecule has 0 bridgehead atoms. The number of hydrogen-bond acceptors (Lipinski definition) is 6. The van der Waals surface area contributed by atoms with Crippen LogP contribution in [0.4, 0.5) is 11.4 Å². The zero-order chi connectivity index (χ0) is 16.8. The van der Waals surface area contributed by atoms with E-state index in [1.165, 1.54) is 19.2 Å². The van der Waals surface area contributed by atoms with Gasteiger partial charge in [-0.2, -0.15) is 5.10 Å². The molecular weight excluding hydrogens is 366 g/mol. The molecule has 7 nitrogen and oxygen atoms in total. The standard InChI is InChI=1S/C15H14BrN3O4/c1-22-14-7-11(16)6-10(15(14)23-2)9-17-18-12-4-3-5-13(8-12)19(20)21/h3-9,18H,1-2H3. The van der Waals surface area contributed by atoms with E-state index in [4.69, 9.17) is 9.47 Å². The summed E-state index contributed by atoms with van der Waals surface area (Å²) >= 11 is 3.39. The molecule has 0 aliphatic rings. The van der Waals surface area contributed by atoms with Gasteiger partial charge in [-0.05, 0) is 18.2 Å². The van der Waals surface area contributed by atoms with Crippen LogP contribution in [0.25, 0.3) is 0 Å². The van der Waals surface area contributed by atoms with Gasteiger partial charge in [0.2, 0.25) is 0 Å². The van der Waals surface area contributed by atoms with Gasteiger partial charge in [-0.3, -0.25) is 15.5 Å². The summed E-state index contributed by atoms with van der Waals surface area (Å²) in [7, 11) is 3.09. The lowest BCUT2D eigenvalue weighted by molar-refractivity contribution is -0.384. The molecular formula is C15H14BrN3O4. The first-order chi connectivity index (χ1) is 11.0. The highest BCUT2D eigenvalue weighted by molar-refractivity contribution is 9.10. The molecule has 0 heterocycles. The first-order valence-electron chi connectivity index (χ1n) is 6.50. The fraction of sp³-hybridized carbons (Fsp3) is 0.133. The van der Waals surface area contributed by atoms with Crippen LogP contribution in [0, 0.1) is 10.1 Å². The first-order valence-corrected chi connectivity index (χ1v) is 7.29. The second-order valence-corrected chi connectivity index (χ2v) is 5.32. The summed E-state index contributed by atoms with van der Waals surface area (Å²) in [6.45, 7) is 0. The highest BCUT2D eigenvalue weighted by Crippen LogP contribution is 2.33. The van der Waals surface area contributed by atoms with E-state index in [1.807, 2.05) is 6.07 Å². The molecule has 2 aromatic carbocycles. The summed E-state index contributed by atoms with van der Waals surface area (Å²) < 4.78 is 11.4. The van der Waals surface area contributed by atoms with Gasteiger partial charge in [0.05, 0.1) is 31.0 Å². The van der Waals surface area contributed by atoms with Crippen molar-refractivity contribution in [1.82, 2.24) is 0 Å². The fourth-order valence-corrected chi connectivity index (χ4v) is 2.37. The van der Waals surface area contributed by atoms with Crippen molar-refractivity contribution in [3.8, 4) is 11.5 Å². The van der Waals surface area contributed by atoms with Gasteiger partial charge >= 0.3 is 0 Å². The third-order valence-corrected chi connectivity index (χ3v) is 3.38. The third kappa shape index (κ3) is 4.19. The van der Waals surface area contributed by atoms with Crippen LogP contribution in [0.1, 0.15) is 5.56 Å². The highest BCUT2D eigenvalue weighted by atomic mass is 79.9. The van der Waals surface area contributed by atoms with Gasteiger partial charge in [0.25, 0.3) is 5.69 Å². The summed E-state index contributed by atoms with van der Waals surface area (Å²) in [6, 6.07) is 9.68. The van der Waals surface area contributed by atoms with Crippen molar-refractivity contribution < 1.29 is 14.4 Å². The van der Waals surface area contributed by atoms with Gasteiger partial charge in [-0.25, -0.2) is 0 Å². The van der Waals surface area contributed by atoms with Gasteiger partial charge in [-0.15, -0.1) is 0 Å². The third-order valence-electron chi connectivity index (χ3n) is 2.93. The van der Waals surface area contributed by atoms with Crippen LogP contribution in [-0.4, -0.2) is 25.4 Å². The van der Waals surface area contributed by atoms with E-state index in [1.54, 1.807) is 31.5 Å². The highest BCUT2D eigenvalue weighted by Gasteiger charge is 2.10. The maximum absolute atomic E-state index is 10.7. The van der Waals surface area contributed by atoms with Gasteiger partial charge in [0.15, 0.2) is 11.5 Å². The van der Waals surface area contributed by atoms with Crippen molar-refractivity contribution in [1.29, 1.82) is 0 Å². The molecule has 1 N–H and O–H groups in total. The van der Waals surface area contributed by atoms with E-state index < -0.39 is 4.92 Å². The Morgan fingerprint density at radius 1 is 1.26 bits per heavy atom. The predicted octanol–water partition coefficient (Wildman–Crippen LogP) is 3.82. The molecule has 0 aromatic heterocycles. The van der Waals surface area contributed by atoms with E-state index >= 15 is 0 Å². The van der Waals surface area contributed by atoms with E-state index in [0.717, 1.165) is 4.47 Å². The van der Waals surface area contributed by atoms with E-state index in [2.05, 4.69) is 26.5 Å². The monoisotopic (exact) mass is 379 g/mol.